The Morgan fingerprint density at radius 2 is 1.58 bits per heavy atom. The summed E-state index contributed by atoms with van der Waals surface area (Å²) in [6.45, 7) is 6.50. The molecule has 0 amide bonds. The molecule has 1 atom stereocenters. The molecule has 0 saturated heterocycles. The van der Waals surface area contributed by atoms with Gasteiger partial charge in [0.2, 0.25) is 0 Å². The van der Waals surface area contributed by atoms with Gasteiger partial charge in [-0.05, 0) is 35.7 Å². The molecule has 2 rings (SSSR count). The quantitative estimate of drug-likeness (QED) is 0.564. The van der Waals surface area contributed by atoms with Crippen LogP contribution in [0.5, 0.6) is 0 Å². The Hall–Kier alpha value is -1.60. The maximum absolute atomic E-state index is 13.7. The van der Waals surface area contributed by atoms with Crippen LogP contribution in [0.25, 0.3) is 0 Å². The van der Waals surface area contributed by atoms with Crippen molar-refractivity contribution in [2.75, 3.05) is 0 Å². The van der Waals surface area contributed by atoms with Crippen LogP contribution in [0.1, 0.15) is 43.6 Å². The van der Waals surface area contributed by atoms with Gasteiger partial charge < -0.3 is 0 Å². The maximum Gasteiger partial charge on any atom is 0.416 e. The number of thiol groups is 1. The van der Waals surface area contributed by atoms with E-state index in [9.17, 15) is 17.6 Å². The molecule has 1 unspecified atom stereocenters. The predicted molar refractivity (Wildman–Crippen MR) is 90.1 cm³/mol. The van der Waals surface area contributed by atoms with Crippen molar-refractivity contribution < 1.29 is 17.6 Å². The summed E-state index contributed by atoms with van der Waals surface area (Å²) in [6.07, 6.45) is -3.00. The van der Waals surface area contributed by atoms with Crippen LogP contribution >= 0.6 is 12.8 Å². The van der Waals surface area contributed by atoms with E-state index < -0.39 is 23.6 Å². The van der Waals surface area contributed by atoms with E-state index in [4.69, 9.17) is 0 Å². The Morgan fingerprint density at radius 3 is 2.00 bits per heavy atom. The standard InChI is InChI=1S/C13H10F4N2S.C4H10/c14-10-2-1-7-18-12(10)11(19-20)8-3-5-9(6-4-8)13(15,16)17;1-4(2)3/h1-7,11,19-20H;4H,1-3H3. The summed E-state index contributed by atoms with van der Waals surface area (Å²) >= 11 is 3.89. The fraction of sp³-hybridized carbons (Fsp3) is 0.353. The number of hydrogen-bond acceptors (Lipinski definition) is 3. The van der Waals surface area contributed by atoms with Crippen LogP contribution in [-0.2, 0) is 6.18 Å². The fourth-order valence-electron chi connectivity index (χ4n) is 1.77. The molecule has 132 valence electrons. The average Bonchev–Trinajstić information content (AvgIpc) is 2.49. The zero-order valence-corrected chi connectivity index (χ0v) is 14.5. The van der Waals surface area contributed by atoms with Crippen LogP contribution in [0.15, 0.2) is 42.6 Å². The van der Waals surface area contributed by atoms with Crippen molar-refractivity contribution in [1.29, 1.82) is 0 Å². The molecule has 1 aromatic heterocycles. The minimum atomic E-state index is -4.40. The molecule has 0 aliphatic heterocycles. The Morgan fingerprint density at radius 1 is 1.04 bits per heavy atom. The predicted octanol–water partition coefficient (Wildman–Crippen LogP) is 5.43. The molecule has 1 heterocycles. The van der Waals surface area contributed by atoms with E-state index in [2.05, 4.69) is 43.3 Å². The maximum atomic E-state index is 13.7. The van der Waals surface area contributed by atoms with Gasteiger partial charge in [0, 0.05) is 6.20 Å². The zero-order chi connectivity index (χ0) is 18.3. The van der Waals surface area contributed by atoms with Gasteiger partial charge in [0.1, 0.15) is 5.82 Å². The van der Waals surface area contributed by atoms with Gasteiger partial charge in [-0.3, -0.25) is 9.71 Å². The topological polar surface area (TPSA) is 24.9 Å². The van der Waals surface area contributed by atoms with Crippen molar-refractivity contribution in [2.24, 2.45) is 5.92 Å². The largest absolute Gasteiger partial charge is 0.416 e. The monoisotopic (exact) mass is 360 g/mol. The Labute approximate surface area is 144 Å². The lowest BCUT2D eigenvalue weighted by Gasteiger charge is -2.16. The number of alkyl halides is 3. The number of hydrogen-bond donors (Lipinski definition) is 2. The van der Waals surface area contributed by atoms with Gasteiger partial charge in [0.15, 0.2) is 0 Å². The van der Waals surface area contributed by atoms with Crippen LogP contribution in [0, 0.1) is 11.7 Å². The molecule has 0 bridgehead atoms. The lowest BCUT2D eigenvalue weighted by molar-refractivity contribution is -0.137. The van der Waals surface area contributed by atoms with Gasteiger partial charge in [0.25, 0.3) is 0 Å². The van der Waals surface area contributed by atoms with Crippen molar-refractivity contribution in [3.8, 4) is 0 Å². The molecule has 1 aromatic carbocycles. The first-order valence-corrected chi connectivity index (χ1v) is 7.78. The number of rotatable bonds is 3. The van der Waals surface area contributed by atoms with E-state index in [-0.39, 0.29) is 5.69 Å². The molecule has 24 heavy (non-hydrogen) atoms. The van der Waals surface area contributed by atoms with E-state index in [1.54, 1.807) is 0 Å². The van der Waals surface area contributed by atoms with Gasteiger partial charge in [-0.25, -0.2) is 4.39 Å². The van der Waals surface area contributed by atoms with Crippen molar-refractivity contribution in [1.82, 2.24) is 9.71 Å². The van der Waals surface area contributed by atoms with Crippen LogP contribution in [0.4, 0.5) is 17.6 Å². The smallest absolute Gasteiger partial charge is 0.256 e. The highest BCUT2D eigenvalue weighted by Gasteiger charge is 2.30. The summed E-state index contributed by atoms with van der Waals surface area (Å²) in [5, 5.41) is 0. The summed E-state index contributed by atoms with van der Waals surface area (Å²) < 4.78 is 53.7. The number of aromatic nitrogens is 1. The van der Waals surface area contributed by atoms with Gasteiger partial charge in [-0.1, -0.05) is 45.7 Å². The molecule has 7 heteroatoms. The van der Waals surface area contributed by atoms with Gasteiger partial charge in [-0.2, -0.15) is 13.2 Å². The number of benzene rings is 1. The number of nitrogens with zero attached hydrogens (tertiary/aromatic N) is 1. The molecule has 0 aliphatic carbocycles. The molecule has 2 aromatic rings. The summed E-state index contributed by atoms with van der Waals surface area (Å²) in [4.78, 5) is 3.89. The zero-order valence-electron chi connectivity index (χ0n) is 13.6. The Kier molecular flexibility index (Phi) is 7.69. The third-order valence-corrected chi connectivity index (χ3v) is 3.02. The van der Waals surface area contributed by atoms with Crippen molar-refractivity contribution in [2.45, 2.75) is 33.0 Å². The fourth-order valence-corrected chi connectivity index (χ4v) is 2.04. The van der Waals surface area contributed by atoms with Crippen LogP contribution in [0.3, 0.4) is 0 Å². The van der Waals surface area contributed by atoms with E-state index >= 15 is 0 Å². The second-order valence-electron chi connectivity index (χ2n) is 5.78. The molecule has 0 saturated carbocycles. The molecule has 0 spiro atoms. The van der Waals surface area contributed by atoms with Crippen molar-refractivity contribution in [3.63, 3.8) is 0 Å². The number of pyridine rings is 1. The normalized spacial score (nSPS) is 12.5. The summed E-state index contributed by atoms with van der Waals surface area (Å²) in [5.41, 5.74) is -0.256. The Balaban J connectivity index is 0.000000648. The lowest BCUT2D eigenvalue weighted by atomic mass is 10.0. The van der Waals surface area contributed by atoms with Crippen molar-refractivity contribution in [3.05, 3.63) is 65.2 Å². The first kappa shape index (κ1) is 20.4. The minimum Gasteiger partial charge on any atom is -0.256 e. The SMILES string of the molecule is CC(C)C.Fc1cccnc1C(NS)c1ccc(C(F)(F)F)cc1. The second-order valence-corrected chi connectivity index (χ2v) is 6.04. The molecule has 0 radical (unpaired) electrons. The van der Waals surface area contributed by atoms with Crippen LogP contribution < -0.4 is 4.72 Å². The molecular formula is C17H20F4N2S. The van der Waals surface area contributed by atoms with Gasteiger partial charge in [0.05, 0.1) is 17.3 Å². The third kappa shape index (κ3) is 6.13. The average molecular weight is 360 g/mol. The van der Waals surface area contributed by atoms with Crippen molar-refractivity contribution >= 4 is 12.8 Å². The van der Waals surface area contributed by atoms with Crippen LogP contribution in [-0.4, -0.2) is 4.98 Å². The molecular weight excluding hydrogens is 340 g/mol. The summed E-state index contributed by atoms with van der Waals surface area (Å²) in [5.74, 6) is 0.277. The summed E-state index contributed by atoms with van der Waals surface area (Å²) in [6, 6.07) is 6.34. The molecule has 0 fully saturated rings. The van der Waals surface area contributed by atoms with Crippen LogP contribution in [0.2, 0.25) is 0 Å². The third-order valence-electron chi connectivity index (χ3n) is 2.76. The van der Waals surface area contributed by atoms with Gasteiger partial charge in [-0.15, -0.1) is 0 Å². The van der Waals surface area contributed by atoms with E-state index in [0.717, 1.165) is 18.1 Å². The molecule has 0 aliphatic rings. The number of halogens is 4. The van der Waals surface area contributed by atoms with E-state index in [1.165, 1.54) is 30.5 Å². The minimum absolute atomic E-state index is 0.0715. The lowest BCUT2D eigenvalue weighted by Crippen LogP contribution is -2.16. The van der Waals surface area contributed by atoms with E-state index in [1.807, 2.05) is 0 Å². The summed E-state index contributed by atoms with van der Waals surface area (Å²) in [7, 11) is 0. The first-order valence-electron chi connectivity index (χ1n) is 7.34. The highest BCUT2D eigenvalue weighted by Crippen LogP contribution is 2.31. The molecule has 1 N–H and O–H groups in total. The first-order chi connectivity index (χ1) is 11.2. The Bertz CT molecular complexity index is 624. The number of nitrogens with one attached hydrogen (secondary N) is 1. The van der Waals surface area contributed by atoms with E-state index in [0.29, 0.717) is 5.56 Å². The molecule has 2 nitrogen and oxygen atoms in total. The highest BCUT2D eigenvalue weighted by molar-refractivity contribution is 7.78. The second kappa shape index (κ2) is 9.03. The highest BCUT2D eigenvalue weighted by atomic mass is 32.1. The van der Waals surface area contributed by atoms with Gasteiger partial charge >= 0.3 is 6.18 Å².